The highest BCUT2D eigenvalue weighted by molar-refractivity contribution is 5.93. The lowest BCUT2D eigenvalue weighted by molar-refractivity contribution is 0.0157. The molecule has 28 heavy (non-hydrogen) atoms. The summed E-state index contributed by atoms with van der Waals surface area (Å²) in [4.78, 5) is 31.8. The number of H-pyrrole nitrogens is 1. The standard InChI is InChI=1S/C23H29N3O2/c1-2-25-16-19(18-7-4-3-5-8-18)15-23(17-25)10-13-26(14-11-23)22(28)20-9-6-12-24-21(20)27/h3-9,12,19H,2,10-11,13-17H2,1H3,(H,24,27)/t19-/m1/s1. The van der Waals surface area contributed by atoms with Crippen molar-refractivity contribution in [2.75, 3.05) is 32.7 Å². The fraction of sp³-hybridized carbons (Fsp3) is 0.478. The summed E-state index contributed by atoms with van der Waals surface area (Å²) in [7, 11) is 0. The number of likely N-dealkylation sites (N-methyl/N-ethyl adjacent to an activating group) is 1. The van der Waals surface area contributed by atoms with Crippen LogP contribution >= 0.6 is 0 Å². The Balaban J connectivity index is 1.48. The van der Waals surface area contributed by atoms with Crippen molar-refractivity contribution >= 4 is 5.91 Å². The number of pyridine rings is 1. The van der Waals surface area contributed by atoms with Gasteiger partial charge in [0.05, 0.1) is 0 Å². The Bertz CT molecular complexity index is 869. The van der Waals surface area contributed by atoms with Gasteiger partial charge in [0.1, 0.15) is 5.56 Å². The molecular formula is C23H29N3O2. The zero-order valence-corrected chi connectivity index (χ0v) is 16.6. The van der Waals surface area contributed by atoms with Gasteiger partial charge in [-0.15, -0.1) is 0 Å². The maximum atomic E-state index is 12.8. The van der Waals surface area contributed by atoms with Crippen LogP contribution in [0.15, 0.2) is 53.5 Å². The maximum absolute atomic E-state index is 12.8. The zero-order valence-electron chi connectivity index (χ0n) is 16.6. The van der Waals surface area contributed by atoms with E-state index in [2.05, 4.69) is 47.1 Å². The van der Waals surface area contributed by atoms with E-state index in [1.165, 1.54) is 12.0 Å². The van der Waals surface area contributed by atoms with Crippen LogP contribution in [0.2, 0.25) is 0 Å². The van der Waals surface area contributed by atoms with E-state index in [1.54, 1.807) is 18.3 Å². The first-order valence-corrected chi connectivity index (χ1v) is 10.3. The first-order valence-electron chi connectivity index (χ1n) is 10.3. The molecule has 1 atom stereocenters. The number of carbonyl (C=O) groups excluding carboxylic acids is 1. The summed E-state index contributed by atoms with van der Waals surface area (Å²) in [6.45, 7) is 6.98. The molecule has 0 unspecified atom stereocenters. The first-order chi connectivity index (χ1) is 13.6. The summed E-state index contributed by atoms with van der Waals surface area (Å²) in [5.74, 6) is 0.411. The van der Waals surface area contributed by atoms with E-state index in [1.807, 2.05) is 4.90 Å². The van der Waals surface area contributed by atoms with Crippen molar-refractivity contribution in [3.8, 4) is 0 Å². The number of rotatable bonds is 3. The molecule has 0 radical (unpaired) electrons. The highest BCUT2D eigenvalue weighted by atomic mass is 16.2. The van der Waals surface area contributed by atoms with Crippen molar-refractivity contribution in [1.82, 2.24) is 14.8 Å². The number of carbonyl (C=O) groups is 1. The van der Waals surface area contributed by atoms with Gasteiger partial charge in [0.15, 0.2) is 0 Å². The number of likely N-dealkylation sites (tertiary alicyclic amines) is 2. The number of benzene rings is 1. The second kappa shape index (κ2) is 7.92. The van der Waals surface area contributed by atoms with Crippen molar-refractivity contribution in [3.05, 3.63) is 70.1 Å². The second-order valence-electron chi connectivity index (χ2n) is 8.34. The molecule has 2 aliphatic rings. The first kappa shape index (κ1) is 18.9. The van der Waals surface area contributed by atoms with Crippen LogP contribution in [0.3, 0.4) is 0 Å². The molecule has 2 aromatic rings. The number of amides is 1. The normalized spacial score (nSPS) is 22.3. The monoisotopic (exact) mass is 379 g/mol. The Morgan fingerprint density at radius 3 is 2.57 bits per heavy atom. The van der Waals surface area contributed by atoms with E-state index in [9.17, 15) is 9.59 Å². The Kier molecular flexibility index (Phi) is 5.36. The number of piperidine rings is 2. The van der Waals surface area contributed by atoms with Crippen molar-refractivity contribution in [2.45, 2.75) is 32.1 Å². The van der Waals surface area contributed by atoms with Gasteiger partial charge in [-0.25, -0.2) is 0 Å². The van der Waals surface area contributed by atoms with Crippen LogP contribution < -0.4 is 5.56 Å². The molecular weight excluding hydrogens is 350 g/mol. The van der Waals surface area contributed by atoms with Crippen LogP contribution in [0, 0.1) is 5.41 Å². The summed E-state index contributed by atoms with van der Waals surface area (Å²) in [6.07, 6.45) is 4.75. The average Bonchev–Trinajstić information content (AvgIpc) is 2.74. The molecule has 0 saturated carbocycles. The molecule has 1 amide bonds. The third-order valence-electron chi connectivity index (χ3n) is 6.60. The SMILES string of the molecule is CCN1C[C@H](c2ccccc2)CC2(CCN(C(=O)c3ccc[nH]c3=O)CC2)C1. The Hall–Kier alpha value is -2.40. The summed E-state index contributed by atoms with van der Waals surface area (Å²) in [5, 5.41) is 0. The highest BCUT2D eigenvalue weighted by Gasteiger charge is 2.42. The predicted octanol–water partition coefficient (Wildman–Crippen LogP) is 3.11. The molecule has 1 aromatic heterocycles. The summed E-state index contributed by atoms with van der Waals surface area (Å²) in [5.41, 5.74) is 1.63. The molecule has 1 aromatic carbocycles. The number of nitrogens with one attached hydrogen (secondary N) is 1. The van der Waals surface area contributed by atoms with E-state index in [-0.39, 0.29) is 22.4 Å². The minimum Gasteiger partial charge on any atom is -0.338 e. The van der Waals surface area contributed by atoms with E-state index < -0.39 is 0 Å². The van der Waals surface area contributed by atoms with E-state index in [0.717, 1.165) is 45.6 Å². The number of aromatic nitrogens is 1. The predicted molar refractivity (Wildman–Crippen MR) is 111 cm³/mol. The van der Waals surface area contributed by atoms with Crippen molar-refractivity contribution in [1.29, 1.82) is 0 Å². The average molecular weight is 380 g/mol. The molecule has 2 fully saturated rings. The third-order valence-corrected chi connectivity index (χ3v) is 6.60. The van der Waals surface area contributed by atoms with Crippen LogP contribution in [-0.4, -0.2) is 53.4 Å². The van der Waals surface area contributed by atoms with E-state index >= 15 is 0 Å². The fourth-order valence-electron chi connectivity index (χ4n) is 5.00. The molecule has 1 spiro atoms. The third kappa shape index (κ3) is 3.76. The largest absolute Gasteiger partial charge is 0.338 e. The van der Waals surface area contributed by atoms with Gasteiger partial charge in [-0.05, 0) is 54.8 Å². The maximum Gasteiger partial charge on any atom is 0.260 e. The van der Waals surface area contributed by atoms with Gasteiger partial charge in [-0.1, -0.05) is 37.3 Å². The zero-order chi connectivity index (χ0) is 19.6. The Labute approximate surface area is 166 Å². The summed E-state index contributed by atoms with van der Waals surface area (Å²) < 4.78 is 0. The van der Waals surface area contributed by atoms with Gasteiger partial charge in [-0.2, -0.15) is 0 Å². The Morgan fingerprint density at radius 1 is 1.14 bits per heavy atom. The lowest BCUT2D eigenvalue weighted by Gasteiger charge is -2.50. The van der Waals surface area contributed by atoms with Crippen LogP contribution in [0.4, 0.5) is 0 Å². The smallest absolute Gasteiger partial charge is 0.260 e. The van der Waals surface area contributed by atoms with Crippen LogP contribution in [0.1, 0.15) is 48.0 Å². The lowest BCUT2D eigenvalue weighted by atomic mass is 9.68. The van der Waals surface area contributed by atoms with Gasteiger partial charge in [0.25, 0.3) is 11.5 Å². The highest BCUT2D eigenvalue weighted by Crippen LogP contribution is 2.45. The molecule has 2 saturated heterocycles. The van der Waals surface area contributed by atoms with Crippen LogP contribution in [-0.2, 0) is 0 Å². The minimum atomic E-state index is -0.299. The molecule has 0 bridgehead atoms. The van der Waals surface area contributed by atoms with Crippen LogP contribution in [0.5, 0.6) is 0 Å². The van der Waals surface area contributed by atoms with E-state index in [4.69, 9.17) is 0 Å². The van der Waals surface area contributed by atoms with Gasteiger partial charge in [-0.3, -0.25) is 9.59 Å². The number of nitrogens with zero attached hydrogens (tertiary/aromatic N) is 2. The fourth-order valence-corrected chi connectivity index (χ4v) is 5.00. The molecule has 5 heteroatoms. The molecule has 4 rings (SSSR count). The molecule has 0 aliphatic carbocycles. The van der Waals surface area contributed by atoms with Gasteiger partial charge in [0.2, 0.25) is 0 Å². The second-order valence-corrected chi connectivity index (χ2v) is 8.34. The molecule has 1 N–H and O–H groups in total. The van der Waals surface area contributed by atoms with Crippen molar-refractivity contribution in [2.24, 2.45) is 5.41 Å². The molecule has 3 heterocycles. The number of hydrogen-bond donors (Lipinski definition) is 1. The summed E-state index contributed by atoms with van der Waals surface area (Å²) >= 11 is 0. The van der Waals surface area contributed by atoms with Gasteiger partial charge in [0, 0.05) is 32.4 Å². The Morgan fingerprint density at radius 2 is 1.89 bits per heavy atom. The number of aromatic amines is 1. The minimum absolute atomic E-state index is 0.139. The van der Waals surface area contributed by atoms with Gasteiger partial charge >= 0.3 is 0 Å². The van der Waals surface area contributed by atoms with Gasteiger partial charge < -0.3 is 14.8 Å². The van der Waals surface area contributed by atoms with Crippen molar-refractivity contribution < 1.29 is 4.79 Å². The van der Waals surface area contributed by atoms with Crippen LogP contribution in [0.25, 0.3) is 0 Å². The molecule has 2 aliphatic heterocycles. The summed E-state index contributed by atoms with van der Waals surface area (Å²) in [6, 6.07) is 14.2. The number of hydrogen-bond acceptors (Lipinski definition) is 3. The van der Waals surface area contributed by atoms with E-state index in [0.29, 0.717) is 5.92 Å². The molecule has 5 nitrogen and oxygen atoms in total. The van der Waals surface area contributed by atoms with Crippen molar-refractivity contribution in [3.63, 3.8) is 0 Å². The quantitative estimate of drug-likeness (QED) is 0.892. The topological polar surface area (TPSA) is 56.4 Å². The lowest BCUT2D eigenvalue weighted by Crippen LogP contribution is -2.52. The molecule has 148 valence electrons.